The third-order valence-electron chi connectivity index (χ3n) is 3.69. The van der Waals surface area contributed by atoms with Crippen LogP contribution < -0.4 is 0 Å². The van der Waals surface area contributed by atoms with Crippen LogP contribution in [0, 0.1) is 11.3 Å². The van der Waals surface area contributed by atoms with Crippen LogP contribution in [0.15, 0.2) is 0 Å². The van der Waals surface area contributed by atoms with E-state index in [0.29, 0.717) is 5.41 Å². The van der Waals surface area contributed by atoms with Gasteiger partial charge in [0.2, 0.25) is 0 Å². The molecule has 0 saturated heterocycles. The number of hydrogen-bond acceptors (Lipinski definition) is 0. The van der Waals surface area contributed by atoms with Gasteiger partial charge in [-0.2, -0.15) is 0 Å². The van der Waals surface area contributed by atoms with Crippen LogP contribution in [0.1, 0.15) is 52.9 Å². The lowest BCUT2D eigenvalue weighted by molar-refractivity contribution is 0.181. The quantitative estimate of drug-likeness (QED) is 0.634. The van der Waals surface area contributed by atoms with E-state index in [9.17, 15) is 0 Å². The number of hydrogen-bond donors (Lipinski definition) is 0. The Bertz CT molecular complexity index is 140. The van der Waals surface area contributed by atoms with E-state index in [0.717, 1.165) is 10.7 Å². The highest BCUT2D eigenvalue weighted by Gasteiger charge is 2.38. The van der Waals surface area contributed by atoms with E-state index in [2.05, 4.69) is 36.7 Å². The molecule has 0 bridgehead atoms. The maximum atomic E-state index is 3.74. The molecule has 0 amide bonds. The van der Waals surface area contributed by atoms with Crippen LogP contribution in [0.2, 0.25) is 0 Å². The van der Waals surface area contributed by atoms with Crippen molar-refractivity contribution in [2.24, 2.45) is 11.3 Å². The second kappa shape index (κ2) is 4.13. The van der Waals surface area contributed by atoms with Gasteiger partial charge in [-0.1, -0.05) is 49.5 Å². The van der Waals surface area contributed by atoms with Gasteiger partial charge >= 0.3 is 0 Å². The zero-order valence-corrected chi connectivity index (χ0v) is 10.2. The maximum Gasteiger partial charge on any atom is 0.0151 e. The Morgan fingerprint density at radius 3 is 2.33 bits per heavy atom. The van der Waals surface area contributed by atoms with Crippen LogP contribution in [-0.2, 0) is 0 Å². The summed E-state index contributed by atoms with van der Waals surface area (Å²) in [4.78, 5) is 0.795. The second-order valence-corrected chi connectivity index (χ2v) is 5.80. The van der Waals surface area contributed by atoms with Crippen molar-refractivity contribution in [3.8, 4) is 0 Å². The normalized spacial score (nSPS) is 36.2. The molecule has 0 N–H and O–H groups in total. The molecule has 1 aliphatic rings. The molecule has 0 heterocycles. The van der Waals surface area contributed by atoms with Crippen LogP contribution in [0.5, 0.6) is 0 Å². The molecule has 1 heteroatoms. The SMILES string of the molecule is CCC(CC)C1(C)CCC(Br)C1. The fourth-order valence-corrected chi connectivity index (χ4v) is 3.81. The van der Waals surface area contributed by atoms with Gasteiger partial charge in [0.1, 0.15) is 0 Å². The van der Waals surface area contributed by atoms with Gasteiger partial charge in [-0.15, -0.1) is 0 Å². The fourth-order valence-electron chi connectivity index (χ4n) is 2.84. The summed E-state index contributed by atoms with van der Waals surface area (Å²) in [5, 5.41) is 0. The van der Waals surface area contributed by atoms with E-state index in [4.69, 9.17) is 0 Å². The van der Waals surface area contributed by atoms with Crippen LogP contribution in [-0.4, -0.2) is 4.83 Å². The molecule has 0 aliphatic heterocycles. The molecule has 2 atom stereocenters. The van der Waals surface area contributed by atoms with Crippen molar-refractivity contribution >= 4 is 15.9 Å². The summed E-state index contributed by atoms with van der Waals surface area (Å²) in [5.41, 5.74) is 0.637. The standard InChI is InChI=1S/C11H21Br/c1-4-9(5-2)11(3)7-6-10(12)8-11/h9-10H,4-8H2,1-3H3. The van der Waals surface area contributed by atoms with Gasteiger partial charge in [0.25, 0.3) is 0 Å². The molecule has 0 aromatic heterocycles. The summed E-state index contributed by atoms with van der Waals surface area (Å²) in [6.07, 6.45) is 6.90. The summed E-state index contributed by atoms with van der Waals surface area (Å²) in [7, 11) is 0. The van der Waals surface area contributed by atoms with Crippen molar-refractivity contribution in [3.63, 3.8) is 0 Å². The number of rotatable bonds is 3. The smallest absolute Gasteiger partial charge is 0.0151 e. The van der Waals surface area contributed by atoms with Crippen LogP contribution in [0.4, 0.5) is 0 Å². The molecule has 1 fully saturated rings. The summed E-state index contributed by atoms with van der Waals surface area (Å²) in [5.74, 6) is 0.944. The average Bonchev–Trinajstić information content (AvgIpc) is 2.34. The highest BCUT2D eigenvalue weighted by molar-refractivity contribution is 9.09. The van der Waals surface area contributed by atoms with Gasteiger partial charge < -0.3 is 0 Å². The van der Waals surface area contributed by atoms with Gasteiger partial charge in [-0.25, -0.2) is 0 Å². The zero-order chi connectivity index (χ0) is 9.19. The molecule has 72 valence electrons. The van der Waals surface area contributed by atoms with Gasteiger partial charge in [-0.05, 0) is 30.6 Å². The van der Waals surface area contributed by atoms with Crippen molar-refractivity contribution in [2.45, 2.75) is 57.7 Å². The summed E-state index contributed by atoms with van der Waals surface area (Å²) < 4.78 is 0. The molecule has 0 radical (unpaired) electrons. The van der Waals surface area contributed by atoms with Crippen LogP contribution in [0.25, 0.3) is 0 Å². The van der Waals surface area contributed by atoms with E-state index >= 15 is 0 Å². The molecule has 0 nitrogen and oxygen atoms in total. The third-order valence-corrected chi connectivity index (χ3v) is 4.47. The molecule has 2 unspecified atom stereocenters. The van der Waals surface area contributed by atoms with Gasteiger partial charge in [-0.3, -0.25) is 0 Å². The Kier molecular flexibility index (Phi) is 3.63. The largest absolute Gasteiger partial charge is 0.0890 e. The highest BCUT2D eigenvalue weighted by Crippen LogP contribution is 2.48. The number of alkyl halides is 1. The van der Waals surface area contributed by atoms with E-state index in [1.54, 1.807) is 0 Å². The van der Waals surface area contributed by atoms with E-state index in [1.165, 1.54) is 32.1 Å². The minimum absolute atomic E-state index is 0.637. The van der Waals surface area contributed by atoms with Crippen molar-refractivity contribution in [2.75, 3.05) is 0 Å². The lowest BCUT2D eigenvalue weighted by atomic mass is 9.73. The first kappa shape index (κ1) is 10.6. The monoisotopic (exact) mass is 232 g/mol. The molecular weight excluding hydrogens is 212 g/mol. The van der Waals surface area contributed by atoms with E-state index < -0.39 is 0 Å². The Balaban J connectivity index is 2.58. The summed E-state index contributed by atoms with van der Waals surface area (Å²) in [6, 6.07) is 0. The summed E-state index contributed by atoms with van der Waals surface area (Å²) in [6.45, 7) is 7.15. The summed E-state index contributed by atoms with van der Waals surface area (Å²) >= 11 is 3.74. The first-order valence-corrected chi connectivity index (χ1v) is 6.18. The predicted molar refractivity (Wildman–Crippen MR) is 58.7 cm³/mol. The Labute approximate surface area is 85.3 Å². The minimum atomic E-state index is 0.637. The zero-order valence-electron chi connectivity index (χ0n) is 8.57. The van der Waals surface area contributed by atoms with Gasteiger partial charge in [0, 0.05) is 4.83 Å². The van der Waals surface area contributed by atoms with Crippen molar-refractivity contribution in [1.29, 1.82) is 0 Å². The fraction of sp³-hybridized carbons (Fsp3) is 1.00. The molecule has 0 aromatic carbocycles. The lowest BCUT2D eigenvalue weighted by Crippen LogP contribution is -2.23. The number of halogens is 1. The highest BCUT2D eigenvalue weighted by atomic mass is 79.9. The molecule has 0 aromatic rings. The minimum Gasteiger partial charge on any atom is -0.0890 e. The van der Waals surface area contributed by atoms with Gasteiger partial charge in [0.05, 0.1) is 0 Å². The first-order valence-electron chi connectivity index (χ1n) is 5.26. The Hall–Kier alpha value is 0.480. The third kappa shape index (κ3) is 2.04. The van der Waals surface area contributed by atoms with E-state index in [-0.39, 0.29) is 0 Å². The molecule has 1 aliphatic carbocycles. The lowest BCUT2D eigenvalue weighted by Gasteiger charge is -2.33. The Morgan fingerprint density at radius 2 is 2.00 bits per heavy atom. The molecular formula is C11H21Br. The topological polar surface area (TPSA) is 0 Å². The maximum absolute atomic E-state index is 3.74. The predicted octanol–water partition coefficient (Wildman–Crippen LogP) is 4.38. The van der Waals surface area contributed by atoms with Crippen molar-refractivity contribution in [1.82, 2.24) is 0 Å². The average molecular weight is 233 g/mol. The molecule has 1 rings (SSSR count). The van der Waals surface area contributed by atoms with Crippen LogP contribution >= 0.6 is 15.9 Å². The Morgan fingerprint density at radius 1 is 1.42 bits per heavy atom. The van der Waals surface area contributed by atoms with Gasteiger partial charge in [0.15, 0.2) is 0 Å². The second-order valence-electron chi connectivity index (χ2n) is 4.51. The van der Waals surface area contributed by atoms with Crippen molar-refractivity contribution in [3.05, 3.63) is 0 Å². The molecule has 0 spiro atoms. The first-order chi connectivity index (χ1) is 5.62. The van der Waals surface area contributed by atoms with Crippen molar-refractivity contribution < 1.29 is 0 Å². The van der Waals surface area contributed by atoms with E-state index in [1.807, 2.05) is 0 Å². The van der Waals surface area contributed by atoms with Crippen LogP contribution in [0.3, 0.4) is 0 Å². The molecule has 12 heavy (non-hydrogen) atoms. The molecule has 1 saturated carbocycles.